The quantitative estimate of drug-likeness (QED) is 0.863. The first-order valence-corrected chi connectivity index (χ1v) is 5.64. The van der Waals surface area contributed by atoms with Gasteiger partial charge in [-0.25, -0.2) is 8.78 Å². The summed E-state index contributed by atoms with van der Waals surface area (Å²) in [6.45, 7) is 0.484. The van der Waals surface area contributed by atoms with E-state index in [9.17, 15) is 8.78 Å². The van der Waals surface area contributed by atoms with Crippen LogP contribution in [0.5, 0.6) is 0 Å². The Labute approximate surface area is 105 Å². The molecule has 2 aromatic carbocycles. The Morgan fingerprint density at radius 1 is 1.06 bits per heavy atom. The van der Waals surface area contributed by atoms with Crippen molar-refractivity contribution in [2.75, 3.05) is 17.7 Å². The maximum Gasteiger partial charge on any atom is 0.149 e. The highest BCUT2D eigenvalue weighted by molar-refractivity contribution is 5.48. The second-order valence-corrected chi connectivity index (χ2v) is 3.93. The Bertz CT molecular complexity index is 541. The van der Waals surface area contributed by atoms with E-state index in [0.717, 1.165) is 17.3 Å². The molecule has 0 amide bonds. The Balaban J connectivity index is 2.06. The highest BCUT2D eigenvalue weighted by Gasteiger charge is 2.03. The van der Waals surface area contributed by atoms with Crippen molar-refractivity contribution in [1.29, 1.82) is 0 Å². The summed E-state index contributed by atoms with van der Waals surface area (Å²) in [6.07, 6.45) is 0. The third-order valence-electron chi connectivity index (χ3n) is 2.63. The van der Waals surface area contributed by atoms with Crippen molar-refractivity contribution in [1.82, 2.24) is 0 Å². The fourth-order valence-electron chi connectivity index (χ4n) is 1.67. The molecule has 2 rings (SSSR count). The fraction of sp³-hybridized carbons (Fsp3) is 0.143. The normalized spacial score (nSPS) is 10.2. The van der Waals surface area contributed by atoms with Crippen molar-refractivity contribution in [3.05, 3.63) is 59.7 Å². The minimum Gasteiger partial charge on any atom is -0.388 e. The number of hydrogen-bond donors (Lipinski definition) is 2. The average molecular weight is 248 g/mol. The third-order valence-corrected chi connectivity index (χ3v) is 2.63. The number of halogens is 2. The molecule has 0 saturated heterocycles. The maximum absolute atomic E-state index is 13.4. The van der Waals surface area contributed by atoms with Crippen LogP contribution in [-0.4, -0.2) is 7.05 Å². The van der Waals surface area contributed by atoms with E-state index in [0.29, 0.717) is 12.2 Å². The molecule has 0 heterocycles. The Hall–Kier alpha value is -2.10. The summed E-state index contributed by atoms with van der Waals surface area (Å²) in [6, 6.07) is 11.3. The lowest BCUT2D eigenvalue weighted by Crippen LogP contribution is -2.02. The topological polar surface area (TPSA) is 24.1 Å². The molecule has 0 aliphatic rings. The molecule has 0 saturated carbocycles. The monoisotopic (exact) mass is 248 g/mol. The first-order chi connectivity index (χ1) is 8.69. The van der Waals surface area contributed by atoms with E-state index in [-0.39, 0.29) is 0 Å². The molecule has 0 atom stereocenters. The summed E-state index contributed by atoms with van der Waals surface area (Å²) >= 11 is 0. The van der Waals surface area contributed by atoms with Crippen LogP contribution in [0.3, 0.4) is 0 Å². The summed E-state index contributed by atoms with van der Waals surface area (Å²) < 4.78 is 26.1. The standard InChI is InChI=1S/C14H14F2N2/c1-17-12-4-2-3-10(7-12)9-18-14-6-5-11(15)8-13(14)16/h2-8,17-18H,9H2,1H3. The molecule has 0 spiro atoms. The Morgan fingerprint density at radius 2 is 1.89 bits per heavy atom. The van der Waals surface area contributed by atoms with Gasteiger partial charge in [0.15, 0.2) is 0 Å². The average Bonchev–Trinajstić information content (AvgIpc) is 2.38. The van der Waals surface area contributed by atoms with E-state index in [2.05, 4.69) is 10.6 Å². The zero-order chi connectivity index (χ0) is 13.0. The number of anilines is 2. The van der Waals surface area contributed by atoms with Crippen LogP contribution in [0, 0.1) is 11.6 Å². The van der Waals surface area contributed by atoms with Gasteiger partial charge in [-0.1, -0.05) is 12.1 Å². The first-order valence-electron chi connectivity index (χ1n) is 5.64. The zero-order valence-electron chi connectivity index (χ0n) is 10.0. The minimum absolute atomic E-state index is 0.297. The van der Waals surface area contributed by atoms with Gasteiger partial charge in [0.05, 0.1) is 5.69 Å². The van der Waals surface area contributed by atoms with Crippen LogP contribution in [0.4, 0.5) is 20.2 Å². The van der Waals surface area contributed by atoms with Gasteiger partial charge in [0.2, 0.25) is 0 Å². The van der Waals surface area contributed by atoms with Gasteiger partial charge in [-0.3, -0.25) is 0 Å². The largest absolute Gasteiger partial charge is 0.388 e. The van der Waals surface area contributed by atoms with Crippen molar-refractivity contribution in [3.8, 4) is 0 Å². The predicted molar refractivity (Wildman–Crippen MR) is 69.7 cm³/mol. The summed E-state index contributed by atoms with van der Waals surface area (Å²) in [5.41, 5.74) is 2.31. The predicted octanol–water partition coefficient (Wildman–Crippen LogP) is 3.62. The summed E-state index contributed by atoms with van der Waals surface area (Å²) in [4.78, 5) is 0. The number of benzene rings is 2. The Kier molecular flexibility index (Phi) is 3.77. The van der Waals surface area contributed by atoms with E-state index in [1.807, 2.05) is 31.3 Å². The van der Waals surface area contributed by atoms with Crippen LogP contribution in [0.25, 0.3) is 0 Å². The molecule has 94 valence electrons. The van der Waals surface area contributed by atoms with Crippen LogP contribution in [0.15, 0.2) is 42.5 Å². The van der Waals surface area contributed by atoms with Gasteiger partial charge < -0.3 is 10.6 Å². The van der Waals surface area contributed by atoms with Gasteiger partial charge in [0.1, 0.15) is 11.6 Å². The Morgan fingerprint density at radius 3 is 2.61 bits per heavy atom. The molecule has 2 aromatic rings. The van der Waals surface area contributed by atoms with Crippen LogP contribution in [0.2, 0.25) is 0 Å². The van der Waals surface area contributed by atoms with E-state index >= 15 is 0 Å². The lowest BCUT2D eigenvalue weighted by atomic mass is 10.2. The van der Waals surface area contributed by atoms with Crippen molar-refractivity contribution in [3.63, 3.8) is 0 Å². The molecule has 0 aromatic heterocycles. The number of rotatable bonds is 4. The van der Waals surface area contributed by atoms with Gasteiger partial charge in [-0.15, -0.1) is 0 Å². The summed E-state index contributed by atoms with van der Waals surface area (Å²) in [7, 11) is 1.84. The molecule has 0 aliphatic heterocycles. The fourth-order valence-corrected chi connectivity index (χ4v) is 1.67. The van der Waals surface area contributed by atoms with E-state index in [1.54, 1.807) is 0 Å². The first kappa shape index (κ1) is 12.4. The molecular formula is C14H14F2N2. The van der Waals surface area contributed by atoms with E-state index < -0.39 is 11.6 Å². The lowest BCUT2D eigenvalue weighted by Gasteiger charge is -2.09. The van der Waals surface area contributed by atoms with Crippen molar-refractivity contribution < 1.29 is 8.78 Å². The van der Waals surface area contributed by atoms with Crippen molar-refractivity contribution in [2.45, 2.75) is 6.54 Å². The van der Waals surface area contributed by atoms with Gasteiger partial charge in [-0.2, -0.15) is 0 Å². The highest BCUT2D eigenvalue weighted by Crippen LogP contribution is 2.17. The van der Waals surface area contributed by atoms with Crippen molar-refractivity contribution in [2.24, 2.45) is 0 Å². The molecule has 0 aliphatic carbocycles. The molecule has 0 bridgehead atoms. The smallest absolute Gasteiger partial charge is 0.149 e. The van der Waals surface area contributed by atoms with E-state index in [4.69, 9.17) is 0 Å². The third kappa shape index (κ3) is 2.97. The van der Waals surface area contributed by atoms with Crippen LogP contribution in [-0.2, 0) is 6.54 Å². The van der Waals surface area contributed by atoms with Crippen LogP contribution < -0.4 is 10.6 Å². The van der Waals surface area contributed by atoms with Gasteiger partial charge >= 0.3 is 0 Å². The SMILES string of the molecule is CNc1cccc(CNc2ccc(F)cc2F)c1. The second kappa shape index (κ2) is 5.49. The number of nitrogens with one attached hydrogen (secondary N) is 2. The van der Waals surface area contributed by atoms with Crippen LogP contribution in [0.1, 0.15) is 5.56 Å². The number of hydrogen-bond acceptors (Lipinski definition) is 2. The minimum atomic E-state index is -0.584. The summed E-state index contributed by atoms with van der Waals surface area (Å²) in [5.74, 6) is -1.16. The molecule has 18 heavy (non-hydrogen) atoms. The van der Waals surface area contributed by atoms with Crippen LogP contribution >= 0.6 is 0 Å². The summed E-state index contributed by atoms with van der Waals surface area (Å²) in [5, 5.41) is 5.97. The van der Waals surface area contributed by atoms with Gasteiger partial charge in [0, 0.05) is 25.3 Å². The molecule has 4 heteroatoms. The highest BCUT2D eigenvalue weighted by atomic mass is 19.1. The maximum atomic E-state index is 13.4. The lowest BCUT2D eigenvalue weighted by molar-refractivity contribution is 0.585. The van der Waals surface area contributed by atoms with E-state index in [1.165, 1.54) is 12.1 Å². The molecule has 2 N–H and O–H groups in total. The molecular weight excluding hydrogens is 234 g/mol. The molecule has 0 unspecified atom stereocenters. The van der Waals surface area contributed by atoms with Gasteiger partial charge in [0.25, 0.3) is 0 Å². The zero-order valence-corrected chi connectivity index (χ0v) is 10.0. The molecule has 0 fully saturated rings. The molecule has 0 radical (unpaired) electrons. The van der Waals surface area contributed by atoms with Crippen molar-refractivity contribution >= 4 is 11.4 Å². The molecule has 2 nitrogen and oxygen atoms in total. The van der Waals surface area contributed by atoms with Gasteiger partial charge in [-0.05, 0) is 29.8 Å². The second-order valence-electron chi connectivity index (χ2n) is 3.93.